The number of rotatable bonds is 4. The molecule has 6 nitrogen and oxygen atoms in total. The molecular weight excluding hydrogens is 302 g/mol. The molecule has 2 bridgehead atoms. The standard InChI is InChI=1S/C15H17N3O3S/c1-22(19,20)9-14-16-15(21-17-14)8-18-12-6-7-13(18)11-5-3-2-4-10(11)12/h2-5,12-13H,6-9H2,1H3. The van der Waals surface area contributed by atoms with Crippen LogP contribution in [0.5, 0.6) is 0 Å². The van der Waals surface area contributed by atoms with Crippen LogP contribution >= 0.6 is 0 Å². The molecule has 2 atom stereocenters. The summed E-state index contributed by atoms with van der Waals surface area (Å²) in [5.74, 6) is 0.550. The zero-order valence-corrected chi connectivity index (χ0v) is 13.1. The van der Waals surface area contributed by atoms with Gasteiger partial charge in [0, 0.05) is 18.3 Å². The SMILES string of the molecule is CS(=O)(=O)Cc1noc(CN2C3CCC2c2ccccc23)n1. The fourth-order valence-electron chi connectivity index (χ4n) is 3.67. The van der Waals surface area contributed by atoms with E-state index in [1.807, 2.05) is 0 Å². The molecule has 116 valence electrons. The van der Waals surface area contributed by atoms with E-state index >= 15 is 0 Å². The Balaban J connectivity index is 1.54. The Hall–Kier alpha value is -1.73. The van der Waals surface area contributed by atoms with Crippen LogP contribution in [0.3, 0.4) is 0 Å². The van der Waals surface area contributed by atoms with Crippen LogP contribution in [-0.4, -0.2) is 29.7 Å². The highest BCUT2D eigenvalue weighted by Gasteiger charge is 2.43. The van der Waals surface area contributed by atoms with Crippen molar-refractivity contribution in [2.24, 2.45) is 0 Å². The first-order valence-corrected chi connectivity index (χ1v) is 9.41. The maximum atomic E-state index is 11.3. The zero-order valence-electron chi connectivity index (χ0n) is 12.3. The van der Waals surface area contributed by atoms with Crippen molar-refractivity contribution in [1.29, 1.82) is 0 Å². The predicted octanol–water partition coefficient (Wildman–Crippen LogP) is 2.01. The van der Waals surface area contributed by atoms with Crippen LogP contribution in [-0.2, 0) is 22.1 Å². The van der Waals surface area contributed by atoms with Crippen LogP contribution in [0.1, 0.15) is 47.8 Å². The summed E-state index contributed by atoms with van der Waals surface area (Å²) in [6, 6.07) is 9.35. The highest BCUT2D eigenvalue weighted by Crippen LogP contribution is 2.53. The quantitative estimate of drug-likeness (QED) is 0.858. The summed E-state index contributed by atoms with van der Waals surface area (Å²) in [5, 5.41) is 3.77. The third-order valence-electron chi connectivity index (χ3n) is 4.45. The lowest BCUT2D eigenvalue weighted by Crippen LogP contribution is -2.19. The minimum absolute atomic E-state index is 0.177. The van der Waals surface area contributed by atoms with Gasteiger partial charge in [0.2, 0.25) is 5.89 Å². The summed E-state index contributed by atoms with van der Waals surface area (Å²) >= 11 is 0. The zero-order chi connectivity index (χ0) is 15.3. The maximum absolute atomic E-state index is 11.3. The third kappa shape index (κ3) is 2.34. The molecule has 0 N–H and O–H groups in total. The molecule has 2 aliphatic rings. The van der Waals surface area contributed by atoms with Crippen LogP contribution in [0.15, 0.2) is 28.8 Å². The van der Waals surface area contributed by atoms with Crippen LogP contribution in [0, 0.1) is 0 Å². The summed E-state index contributed by atoms with van der Waals surface area (Å²) < 4.78 is 27.8. The van der Waals surface area contributed by atoms with Crippen LogP contribution < -0.4 is 0 Å². The second kappa shape index (κ2) is 4.89. The van der Waals surface area contributed by atoms with Crippen molar-refractivity contribution in [2.45, 2.75) is 37.2 Å². The molecule has 22 heavy (non-hydrogen) atoms. The lowest BCUT2D eigenvalue weighted by Gasteiger charge is -2.19. The molecule has 0 aliphatic carbocycles. The van der Waals surface area contributed by atoms with Gasteiger partial charge in [-0.2, -0.15) is 4.98 Å². The van der Waals surface area contributed by atoms with Gasteiger partial charge in [0.1, 0.15) is 5.75 Å². The number of benzene rings is 1. The summed E-state index contributed by atoms with van der Waals surface area (Å²) in [5.41, 5.74) is 2.80. The van der Waals surface area contributed by atoms with Crippen molar-refractivity contribution in [2.75, 3.05) is 6.26 Å². The molecule has 7 heteroatoms. The minimum Gasteiger partial charge on any atom is -0.338 e. The summed E-state index contributed by atoms with van der Waals surface area (Å²) in [6.45, 7) is 0.570. The molecule has 4 rings (SSSR count). The molecule has 0 amide bonds. The summed E-state index contributed by atoms with van der Waals surface area (Å²) in [7, 11) is -3.14. The molecule has 3 heterocycles. The lowest BCUT2D eigenvalue weighted by atomic mass is 9.92. The smallest absolute Gasteiger partial charge is 0.240 e. The van der Waals surface area contributed by atoms with E-state index in [1.54, 1.807) is 0 Å². The Morgan fingerprint density at radius 1 is 1.23 bits per heavy atom. The Morgan fingerprint density at radius 3 is 2.45 bits per heavy atom. The van der Waals surface area contributed by atoms with E-state index in [0.717, 1.165) is 12.8 Å². The monoisotopic (exact) mass is 319 g/mol. The van der Waals surface area contributed by atoms with Crippen LogP contribution in [0.25, 0.3) is 0 Å². The Labute approximate surface area is 129 Å². The molecule has 2 aromatic rings. The molecule has 0 saturated carbocycles. The maximum Gasteiger partial charge on any atom is 0.240 e. The van der Waals surface area contributed by atoms with Crippen molar-refractivity contribution < 1.29 is 12.9 Å². The first-order chi connectivity index (χ1) is 10.5. The van der Waals surface area contributed by atoms with Crippen molar-refractivity contribution in [3.8, 4) is 0 Å². The van der Waals surface area contributed by atoms with Crippen molar-refractivity contribution in [1.82, 2.24) is 15.0 Å². The number of aromatic nitrogens is 2. The molecule has 2 aliphatic heterocycles. The van der Waals surface area contributed by atoms with E-state index in [-0.39, 0.29) is 11.6 Å². The van der Waals surface area contributed by atoms with Gasteiger partial charge < -0.3 is 4.52 Å². The van der Waals surface area contributed by atoms with Crippen LogP contribution in [0.4, 0.5) is 0 Å². The Bertz CT molecular complexity index is 784. The van der Waals surface area contributed by atoms with Gasteiger partial charge in [-0.1, -0.05) is 29.4 Å². The predicted molar refractivity (Wildman–Crippen MR) is 79.5 cm³/mol. The van der Waals surface area contributed by atoms with Gasteiger partial charge in [-0.05, 0) is 24.0 Å². The first-order valence-electron chi connectivity index (χ1n) is 7.35. The van der Waals surface area contributed by atoms with E-state index in [1.165, 1.54) is 17.4 Å². The van der Waals surface area contributed by atoms with E-state index in [9.17, 15) is 8.42 Å². The molecule has 1 fully saturated rings. The molecule has 1 saturated heterocycles. The minimum atomic E-state index is -3.14. The highest BCUT2D eigenvalue weighted by molar-refractivity contribution is 7.89. The van der Waals surface area contributed by atoms with Crippen molar-refractivity contribution >= 4 is 9.84 Å². The second-order valence-electron chi connectivity index (χ2n) is 6.08. The number of sulfone groups is 1. The molecule has 1 aromatic heterocycles. The fraction of sp³-hybridized carbons (Fsp3) is 0.467. The van der Waals surface area contributed by atoms with Gasteiger partial charge in [0.05, 0.1) is 6.54 Å². The van der Waals surface area contributed by atoms with Crippen molar-refractivity contribution in [3.63, 3.8) is 0 Å². The fourth-order valence-corrected chi connectivity index (χ4v) is 4.26. The highest BCUT2D eigenvalue weighted by atomic mass is 32.2. The van der Waals surface area contributed by atoms with Gasteiger partial charge in [0.15, 0.2) is 15.7 Å². The lowest BCUT2D eigenvalue weighted by molar-refractivity contribution is 0.184. The van der Waals surface area contributed by atoms with Gasteiger partial charge >= 0.3 is 0 Å². The number of hydrogen-bond donors (Lipinski definition) is 0. The Morgan fingerprint density at radius 2 is 1.86 bits per heavy atom. The number of fused-ring (bicyclic) bond motifs is 5. The Kier molecular flexibility index (Phi) is 3.09. The van der Waals surface area contributed by atoms with Gasteiger partial charge in [-0.15, -0.1) is 0 Å². The second-order valence-corrected chi connectivity index (χ2v) is 8.22. The average Bonchev–Trinajstić information content (AvgIpc) is 3.13. The van der Waals surface area contributed by atoms with Crippen LogP contribution in [0.2, 0.25) is 0 Å². The van der Waals surface area contributed by atoms with Gasteiger partial charge in [0.25, 0.3) is 0 Å². The first kappa shape index (κ1) is 13.9. The summed E-state index contributed by atoms with van der Waals surface area (Å²) in [6.07, 6.45) is 3.46. The topological polar surface area (TPSA) is 76.3 Å². The molecule has 2 unspecified atom stereocenters. The number of hydrogen-bond acceptors (Lipinski definition) is 6. The normalized spacial score (nSPS) is 23.9. The molecule has 1 aromatic carbocycles. The van der Waals surface area contributed by atoms with E-state index in [0.29, 0.717) is 24.5 Å². The average molecular weight is 319 g/mol. The van der Waals surface area contributed by atoms with E-state index in [2.05, 4.69) is 39.3 Å². The third-order valence-corrected chi connectivity index (χ3v) is 5.23. The number of nitrogens with zero attached hydrogens (tertiary/aromatic N) is 3. The molecule has 0 radical (unpaired) electrons. The van der Waals surface area contributed by atoms with E-state index < -0.39 is 9.84 Å². The van der Waals surface area contributed by atoms with Gasteiger partial charge in [-0.25, -0.2) is 8.42 Å². The largest absolute Gasteiger partial charge is 0.338 e. The van der Waals surface area contributed by atoms with Gasteiger partial charge in [-0.3, -0.25) is 4.90 Å². The molecular formula is C15H17N3O3S. The van der Waals surface area contributed by atoms with E-state index in [4.69, 9.17) is 4.52 Å². The summed E-state index contributed by atoms with van der Waals surface area (Å²) in [4.78, 5) is 6.60. The van der Waals surface area contributed by atoms with Crippen molar-refractivity contribution in [3.05, 3.63) is 47.1 Å². The molecule has 0 spiro atoms.